The van der Waals surface area contributed by atoms with Crippen molar-refractivity contribution in [3.8, 4) is 0 Å². The normalized spacial score (nSPS) is 27.6. The number of rotatable bonds is 5. The summed E-state index contributed by atoms with van der Waals surface area (Å²) < 4.78 is 0. The Labute approximate surface area is 110 Å². The topological polar surface area (TPSA) is 43.8 Å². The van der Waals surface area contributed by atoms with Crippen LogP contribution in [-0.4, -0.2) is 66.6 Å². The van der Waals surface area contributed by atoms with E-state index in [0.717, 1.165) is 65.0 Å². The minimum absolute atomic E-state index is 0.260. The average molecular weight is 254 g/mol. The molecule has 0 aromatic rings. The lowest BCUT2D eigenvalue weighted by atomic mass is 10.0. The Morgan fingerprint density at radius 1 is 1.06 bits per heavy atom. The first-order valence-corrected chi connectivity index (χ1v) is 7.38. The number of carbonyl (C=O) groups excluding carboxylic acids is 1. The second-order valence-electron chi connectivity index (χ2n) is 5.60. The van der Waals surface area contributed by atoms with E-state index >= 15 is 0 Å². The highest BCUT2D eigenvalue weighted by molar-refractivity contribution is 5.82. The van der Waals surface area contributed by atoms with Gasteiger partial charge in [0.15, 0.2) is 0 Å². The Bertz CT molecular complexity index is 271. The van der Waals surface area contributed by atoms with Crippen molar-refractivity contribution < 1.29 is 9.90 Å². The van der Waals surface area contributed by atoms with Crippen molar-refractivity contribution in [2.45, 2.75) is 32.1 Å². The third kappa shape index (κ3) is 4.04. The van der Waals surface area contributed by atoms with E-state index < -0.39 is 0 Å². The van der Waals surface area contributed by atoms with Crippen molar-refractivity contribution in [3.05, 3.63) is 0 Å². The molecule has 1 atom stereocenters. The number of nitrogens with zero attached hydrogens (tertiary/aromatic N) is 2. The van der Waals surface area contributed by atoms with Gasteiger partial charge in [-0.05, 0) is 45.3 Å². The number of aliphatic hydroxyl groups excluding tert-OH is 1. The fourth-order valence-corrected chi connectivity index (χ4v) is 3.14. The van der Waals surface area contributed by atoms with Crippen LogP contribution in [0.4, 0.5) is 0 Å². The molecule has 1 N–H and O–H groups in total. The lowest BCUT2D eigenvalue weighted by Gasteiger charge is -2.22. The van der Waals surface area contributed by atoms with Crippen LogP contribution in [0.15, 0.2) is 0 Å². The molecule has 1 unspecified atom stereocenters. The Morgan fingerprint density at radius 2 is 1.78 bits per heavy atom. The van der Waals surface area contributed by atoms with Gasteiger partial charge in [-0.25, -0.2) is 0 Å². The summed E-state index contributed by atoms with van der Waals surface area (Å²) in [7, 11) is 0. The van der Waals surface area contributed by atoms with Gasteiger partial charge >= 0.3 is 0 Å². The SMILES string of the molecule is O=C1CCCC1CCN1CCCN(CCO)CC1. The molecule has 4 nitrogen and oxygen atoms in total. The first-order valence-electron chi connectivity index (χ1n) is 7.38. The van der Waals surface area contributed by atoms with Crippen molar-refractivity contribution in [1.82, 2.24) is 9.80 Å². The minimum atomic E-state index is 0.260. The number of ketones is 1. The first kappa shape index (κ1) is 14.0. The third-order valence-electron chi connectivity index (χ3n) is 4.32. The van der Waals surface area contributed by atoms with Crippen LogP contribution in [0.2, 0.25) is 0 Å². The maximum atomic E-state index is 11.6. The molecule has 0 aromatic heterocycles. The Hall–Kier alpha value is -0.450. The maximum Gasteiger partial charge on any atom is 0.136 e. The summed E-state index contributed by atoms with van der Waals surface area (Å²) in [6.45, 7) is 6.51. The van der Waals surface area contributed by atoms with Crippen LogP contribution >= 0.6 is 0 Å². The molecule has 0 spiro atoms. The van der Waals surface area contributed by atoms with Gasteiger partial charge in [0.1, 0.15) is 5.78 Å². The summed E-state index contributed by atoms with van der Waals surface area (Å²) in [6, 6.07) is 0. The van der Waals surface area contributed by atoms with Crippen LogP contribution < -0.4 is 0 Å². The average Bonchev–Trinajstić information content (AvgIpc) is 2.63. The molecule has 104 valence electrons. The van der Waals surface area contributed by atoms with Crippen LogP contribution in [0.3, 0.4) is 0 Å². The summed E-state index contributed by atoms with van der Waals surface area (Å²) in [6.07, 6.45) is 5.27. The van der Waals surface area contributed by atoms with Gasteiger partial charge in [-0.15, -0.1) is 0 Å². The molecule has 1 aliphatic heterocycles. The Morgan fingerprint density at radius 3 is 2.39 bits per heavy atom. The van der Waals surface area contributed by atoms with E-state index in [0.29, 0.717) is 11.7 Å². The van der Waals surface area contributed by atoms with Crippen molar-refractivity contribution in [2.24, 2.45) is 5.92 Å². The maximum absolute atomic E-state index is 11.6. The van der Waals surface area contributed by atoms with Crippen LogP contribution in [-0.2, 0) is 4.79 Å². The molecule has 2 aliphatic rings. The summed E-state index contributed by atoms with van der Waals surface area (Å²) in [5, 5.41) is 8.96. The van der Waals surface area contributed by atoms with E-state index in [2.05, 4.69) is 9.80 Å². The van der Waals surface area contributed by atoms with Crippen molar-refractivity contribution >= 4 is 5.78 Å². The standard InChI is InChI=1S/C14H26N2O2/c17-12-11-16-7-2-6-15(9-10-16)8-5-13-3-1-4-14(13)18/h13,17H,1-12H2. The molecule has 0 radical (unpaired) electrons. The Balaban J connectivity index is 1.68. The van der Waals surface area contributed by atoms with Crippen LogP contribution in [0, 0.1) is 5.92 Å². The highest BCUT2D eigenvalue weighted by Crippen LogP contribution is 2.24. The zero-order chi connectivity index (χ0) is 12.8. The van der Waals surface area contributed by atoms with E-state index in [4.69, 9.17) is 5.11 Å². The van der Waals surface area contributed by atoms with E-state index in [9.17, 15) is 4.79 Å². The van der Waals surface area contributed by atoms with E-state index in [1.54, 1.807) is 0 Å². The molecule has 0 aromatic carbocycles. The molecule has 18 heavy (non-hydrogen) atoms. The fraction of sp³-hybridized carbons (Fsp3) is 0.929. The minimum Gasteiger partial charge on any atom is -0.395 e. The smallest absolute Gasteiger partial charge is 0.136 e. The summed E-state index contributed by atoms with van der Waals surface area (Å²) in [5.41, 5.74) is 0. The third-order valence-corrected chi connectivity index (χ3v) is 4.32. The Kier molecular flexibility index (Phi) is 5.60. The van der Waals surface area contributed by atoms with Gasteiger partial charge in [-0.3, -0.25) is 9.69 Å². The molecule has 0 bridgehead atoms. The van der Waals surface area contributed by atoms with Crippen LogP contribution in [0.1, 0.15) is 32.1 Å². The lowest BCUT2D eigenvalue weighted by Crippen LogP contribution is -2.33. The molecule has 2 rings (SSSR count). The molecular weight excluding hydrogens is 228 g/mol. The predicted octanol–water partition coefficient (Wildman–Crippen LogP) is 0.746. The number of β-amino-alcohol motifs (C(OH)–C–C–N with tert-alkyl or cyclic N) is 1. The molecule has 1 saturated carbocycles. The molecule has 1 heterocycles. The lowest BCUT2D eigenvalue weighted by molar-refractivity contribution is -0.120. The zero-order valence-electron chi connectivity index (χ0n) is 11.3. The van der Waals surface area contributed by atoms with E-state index in [-0.39, 0.29) is 6.61 Å². The van der Waals surface area contributed by atoms with Gasteiger partial charge in [0.05, 0.1) is 6.61 Å². The highest BCUT2D eigenvalue weighted by Gasteiger charge is 2.25. The van der Waals surface area contributed by atoms with E-state index in [1.165, 1.54) is 6.42 Å². The monoisotopic (exact) mass is 254 g/mol. The molecule has 2 fully saturated rings. The van der Waals surface area contributed by atoms with Crippen molar-refractivity contribution in [3.63, 3.8) is 0 Å². The van der Waals surface area contributed by atoms with E-state index in [1.807, 2.05) is 0 Å². The number of Topliss-reactive ketones (excluding diaryl/α,β-unsaturated/α-hetero) is 1. The van der Waals surface area contributed by atoms with Gasteiger partial charge in [0, 0.05) is 32.0 Å². The number of aliphatic hydroxyl groups is 1. The van der Waals surface area contributed by atoms with Gasteiger partial charge in [0.2, 0.25) is 0 Å². The molecule has 0 amide bonds. The molecular formula is C14H26N2O2. The molecule has 1 saturated heterocycles. The highest BCUT2D eigenvalue weighted by atomic mass is 16.3. The first-order chi connectivity index (χ1) is 8.79. The number of hydrogen-bond donors (Lipinski definition) is 1. The zero-order valence-corrected chi connectivity index (χ0v) is 11.3. The van der Waals surface area contributed by atoms with Gasteiger partial charge in [-0.1, -0.05) is 0 Å². The summed E-state index contributed by atoms with van der Waals surface area (Å²) in [4.78, 5) is 16.4. The van der Waals surface area contributed by atoms with Crippen molar-refractivity contribution in [1.29, 1.82) is 0 Å². The predicted molar refractivity (Wildman–Crippen MR) is 71.5 cm³/mol. The van der Waals surface area contributed by atoms with Crippen molar-refractivity contribution in [2.75, 3.05) is 45.9 Å². The summed E-state index contributed by atoms with van der Waals surface area (Å²) >= 11 is 0. The second kappa shape index (κ2) is 7.22. The quantitative estimate of drug-likeness (QED) is 0.786. The van der Waals surface area contributed by atoms with Gasteiger partial charge < -0.3 is 10.0 Å². The van der Waals surface area contributed by atoms with Gasteiger partial charge in [0.25, 0.3) is 0 Å². The summed E-state index contributed by atoms with van der Waals surface area (Å²) in [5.74, 6) is 0.841. The van der Waals surface area contributed by atoms with Gasteiger partial charge in [-0.2, -0.15) is 0 Å². The number of hydrogen-bond acceptors (Lipinski definition) is 4. The molecule has 1 aliphatic carbocycles. The largest absolute Gasteiger partial charge is 0.395 e. The second-order valence-corrected chi connectivity index (χ2v) is 5.60. The number of carbonyl (C=O) groups is 1. The van der Waals surface area contributed by atoms with Crippen LogP contribution in [0.25, 0.3) is 0 Å². The fourth-order valence-electron chi connectivity index (χ4n) is 3.14. The molecule has 4 heteroatoms. The van der Waals surface area contributed by atoms with Crippen LogP contribution in [0.5, 0.6) is 0 Å².